The Balaban J connectivity index is 1.87. The number of halogens is 1. The second-order valence-electron chi connectivity index (χ2n) is 6.80. The lowest BCUT2D eigenvalue weighted by atomic mass is 9.84. The molecule has 0 unspecified atom stereocenters. The summed E-state index contributed by atoms with van der Waals surface area (Å²) in [4.78, 5) is 14.7. The highest BCUT2D eigenvalue weighted by molar-refractivity contribution is 6.33. The van der Waals surface area contributed by atoms with Gasteiger partial charge < -0.3 is 14.5 Å². The molecule has 1 aliphatic heterocycles. The molecular weight excluding hydrogens is 328 g/mol. The van der Waals surface area contributed by atoms with Crippen LogP contribution >= 0.6 is 11.6 Å². The molecule has 0 spiro atoms. The lowest BCUT2D eigenvalue weighted by Crippen LogP contribution is -2.47. The maximum absolute atomic E-state index is 12.9. The van der Waals surface area contributed by atoms with Crippen molar-refractivity contribution in [3.8, 4) is 11.3 Å². The van der Waals surface area contributed by atoms with Gasteiger partial charge in [0.2, 0.25) is 0 Å². The second kappa shape index (κ2) is 6.57. The summed E-state index contributed by atoms with van der Waals surface area (Å²) in [6, 6.07) is 7.24. The molecule has 24 heavy (non-hydrogen) atoms. The van der Waals surface area contributed by atoms with Crippen LogP contribution in [0.1, 0.15) is 37.0 Å². The van der Waals surface area contributed by atoms with Crippen molar-refractivity contribution in [1.29, 1.82) is 0 Å². The fourth-order valence-corrected chi connectivity index (χ4v) is 3.37. The minimum absolute atomic E-state index is 0.0545. The third-order valence-electron chi connectivity index (χ3n) is 4.64. The highest BCUT2D eigenvalue weighted by Crippen LogP contribution is 2.32. The Hall–Kier alpha value is -1.85. The van der Waals surface area contributed by atoms with Crippen molar-refractivity contribution in [2.24, 2.45) is 5.92 Å². The van der Waals surface area contributed by atoms with Gasteiger partial charge in [0.15, 0.2) is 0 Å². The molecule has 1 N–H and O–H groups in total. The summed E-state index contributed by atoms with van der Waals surface area (Å²) < 4.78 is 5.06. The Bertz CT molecular complexity index is 736. The SMILES string of the molecule is CC(C)(O)[C@@H]1CCCN(C(=O)c2conc2-c2ccccc2Cl)C1. The van der Waals surface area contributed by atoms with Crippen molar-refractivity contribution in [1.82, 2.24) is 10.1 Å². The van der Waals surface area contributed by atoms with Crippen LogP contribution in [0, 0.1) is 5.92 Å². The Morgan fingerprint density at radius 1 is 1.42 bits per heavy atom. The molecule has 0 aliphatic carbocycles. The van der Waals surface area contributed by atoms with Gasteiger partial charge in [-0.15, -0.1) is 0 Å². The number of likely N-dealkylation sites (tertiary alicyclic amines) is 1. The Kier molecular flexibility index (Phi) is 4.65. The number of carbonyl (C=O) groups excluding carboxylic acids is 1. The molecule has 1 saturated heterocycles. The van der Waals surface area contributed by atoms with Gasteiger partial charge in [0, 0.05) is 24.6 Å². The van der Waals surface area contributed by atoms with E-state index in [-0.39, 0.29) is 11.8 Å². The summed E-state index contributed by atoms with van der Waals surface area (Å²) in [6.45, 7) is 4.77. The standard InChI is InChI=1S/C18H21ClN2O3/c1-18(2,23)12-6-5-9-21(10-12)17(22)14-11-24-20-16(14)13-7-3-4-8-15(13)19/h3-4,7-8,11-12,23H,5-6,9-10H2,1-2H3/t12-/m1/s1. The van der Waals surface area contributed by atoms with Crippen molar-refractivity contribution < 1.29 is 14.4 Å². The molecular formula is C18H21ClN2O3. The number of nitrogens with zero attached hydrogens (tertiary/aromatic N) is 2. The number of amides is 1. The first-order valence-electron chi connectivity index (χ1n) is 8.09. The number of rotatable bonds is 3. The molecule has 1 fully saturated rings. The van der Waals surface area contributed by atoms with Crippen LogP contribution in [0.5, 0.6) is 0 Å². The van der Waals surface area contributed by atoms with Crippen molar-refractivity contribution in [3.63, 3.8) is 0 Å². The number of piperidine rings is 1. The van der Waals surface area contributed by atoms with E-state index in [1.807, 2.05) is 18.2 Å². The quantitative estimate of drug-likeness (QED) is 0.920. The highest BCUT2D eigenvalue weighted by atomic mass is 35.5. The topological polar surface area (TPSA) is 66.6 Å². The molecule has 1 aromatic carbocycles. The molecule has 5 nitrogen and oxygen atoms in total. The van der Waals surface area contributed by atoms with E-state index in [1.54, 1.807) is 24.8 Å². The van der Waals surface area contributed by atoms with Crippen molar-refractivity contribution >= 4 is 17.5 Å². The zero-order valence-electron chi connectivity index (χ0n) is 13.8. The smallest absolute Gasteiger partial charge is 0.259 e. The normalized spacial score (nSPS) is 18.7. The fourth-order valence-electron chi connectivity index (χ4n) is 3.14. The number of hydrogen-bond acceptors (Lipinski definition) is 4. The van der Waals surface area contributed by atoms with E-state index in [4.69, 9.17) is 16.1 Å². The molecule has 3 rings (SSSR count). The molecule has 0 saturated carbocycles. The largest absolute Gasteiger partial charge is 0.390 e. The van der Waals surface area contributed by atoms with Crippen LogP contribution in [0.2, 0.25) is 5.02 Å². The van der Waals surface area contributed by atoms with Crippen molar-refractivity contribution in [2.45, 2.75) is 32.3 Å². The minimum Gasteiger partial charge on any atom is -0.390 e. The monoisotopic (exact) mass is 348 g/mol. The minimum atomic E-state index is -0.806. The zero-order valence-corrected chi connectivity index (χ0v) is 14.6. The summed E-state index contributed by atoms with van der Waals surface area (Å²) in [7, 11) is 0. The number of hydrogen-bond donors (Lipinski definition) is 1. The Labute approximate surface area is 146 Å². The first-order valence-corrected chi connectivity index (χ1v) is 8.46. The van der Waals surface area contributed by atoms with Gasteiger partial charge >= 0.3 is 0 Å². The van der Waals surface area contributed by atoms with Gasteiger partial charge in [-0.25, -0.2) is 0 Å². The number of aliphatic hydroxyl groups is 1. The average molecular weight is 349 g/mol. The van der Waals surface area contributed by atoms with Gasteiger partial charge in [0.1, 0.15) is 17.5 Å². The number of aromatic nitrogens is 1. The van der Waals surface area contributed by atoms with Gasteiger partial charge in [-0.05, 0) is 32.8 Å². The van der Waals surface area contributed by atoms with E-state index < -0.39 is 5.60 Å². The maximum Gasteiger partial charge on any atom is 0.259 e. The van der Waals surface area contributed by atoms with Crippen LogP contribution in [0.4, 0.5) is 0 Å². The van der Waals surface area contributed by atoms with E-state index in [2.05, 4.69) is 5.16 Å². The van der Waals surface area contributed by atoms with Crippen LogP contribution in [-0.4, -0.2) is 39.8 Å². The molecule has 0 bridgehead atoms. The van der Waals surface area contributed by atoms with E-state index in [1.165, 1.54) is 6.26 Å². The van der Waals surface area contributed by atoms with Crippen LogP contribution in [0.3, 0.4) is 0 Å². The average Bonchev–Trinajstić information content (AvgIpc) is 3.03. The summed E-state index contributed by atoms with van der Waals surface area (Å²) in [6.07, 6.45) is 3.15. The third kappa shape index (κ3) is 3.32. The molecule has 128 valence electrons. The molecule has 6 heteroatoms. The van der Waals surface area contributed by atoms with E-state index in [9.17, 15) is 9.90 Å². The summed E-state index contributed by atoms with van der Waals surface area (Å²) >= 11 is 6.22. The van der Waals surface area contributed by atoms with Gasteiger partial charge in [-0.1, -0.05) is 35.0 Å². The molecule has 0 radical (unpaired) electrons. The van der Waals surface area contributed by atoms with Gasteiger partial charge in [-0.3, -0.25) is 4.79 Å². The summed E-state index contributed by atoms with van der Waals surface area (Å²) in [5.74, 6) is -0.0843. The molecule has 2 heterocycles. The predicted molar refractivity (Wildman–Crippen MR) is 91.9 cm³/mol. The first-order chi connectivity index (χ1) is 11.4. The molecule has 1 aliphatic rings. The molecule has 1 aromatic heterocycles. The van der Waals surface area contributed by atoms with Crippen LogP contribution in [-0.2, 0) is 0 Å². The van der Waals surface area contributed by atoms with Gasteiger partial charge in [0.05, 0.1) is 10.6 Å². The first kappa shape index (κ1) is 17.0. The van der Waals surface area contributed by atoms with Gasteiger partial charge in [-0.2, -0.15) is 0 Å². The van der Waals surface area contributed by atoms with Crippen molar-refractivity contribution in [2.75, 3.05) is 13.1 Å². The van der Waals surface area contributed by atoms with E-state index >= 15 is 0 Å². The number of benzene rings is 1. The number of carbonyl (C=O) groups is 1. The Morgan fingerprint density at radius 3 is 2.88 bits per heavy atom. The van der Waals surface area contributed by atoms with Crippen LogP contribution in [0.25, 0.3) is 11.3 Å². The molecule has 1 amide bonds. The second-order valence-corrected chi connectivity index (χ2v) is 7.21. The highest BCUT2D eigenvalue weighted by Gasteiger charge is 2.34. The summed E-state index contributed by atoms with van der Waals surface area (Å²) in [5, 5.41) is 14.8. The lowest BCUT2D eigenvalue weighted by molar-refractivity contribution is -0.0146. The van der Waals surface area contributed by atoms with Crippen LogP contribution < -0.4 is 0 Å². The fraction of sp³-hybridized carbons (Fsp3) is 0.444. The molecule has 1 atom stereocenters. The maximum atomic E-state index is 12.9. The van der Waals surface area contributed by atoms with E-state index in [0.717, 1.165) is 12.8 Å². The van der Waals surface area contributed by atoms with Crippen LogP contribution in [0.15, 0.2) is 35.1 Å². The van der Waals surface area contributed by atoms with E-state index in [0.29, 0.717) is 34.9 Å². The lowest BCUT2D eigenvalue weighted by Gasteiger charge is -2.38. The zero-order chi connectivity index (χ0) is 17.3. The third-order valence-corrected chi connectivity index (χ3v) is 4.97. The molecule has 2 aromatic rings. The Morgan fingerprint density at radius 2 is 2.17 bits per heavy atom. The van der Waals surface area contributed by atoms with Gasteiger partial charge in [0.25, 0.3) is 5.91 Å². The predicted octanol–water partition coefficient (Wildman–Crippen LogP) is 3.62. The summed E-state index contributed by atoms with van der Waals surface area (Å²) in [5.41, 5.74) is 0.724. The van der Waals surface area contributed by atoms with Crippen molar-refractivity contribution in [3.05, 3.63) is 41.1 Å².